The van der Waals surface area contributed by atoms with Crippen LogP contribution in [-0.2, 0) is 9.47 Å². The van der Waals surface area contributed by atoms with Gasteiger partial charge < -0.3 is 19.9 Å². The third kappa shape index (κ3) is 6.97. The van der Waals surface area contributed by atoms with Crippen molar-refractivity contribution >= 4 is 6.09 Å². The summed E-state index contributed by atoms with van der Waals surface area (Å²) in [7, 11) is 0. The first kappa shape index (κ1) is 19.2. The minimum Gasteiger partial charge on any atom is -0.444 e. The van der Waals surface area contributed by atoms with Crippen molar-refractivity contribution in [1.82, 2.24) is 5.32 Å². The van der Waals surface area contributed by atoms with Crippen LogP contribution in [0.15, 0.2) is 0 Å². The van der Waals surface area contributed by atoms with Crippen LogP contribution in [0.3, 0.4) is 0 Å². The molecule has 0 aromatic rings. The summed E-state index contributed by atoms with van der Waals surface area (Å²) in [4.78, 5) is 11.9. The van der Waals surface area contributed by atoms with Crippen LogP contribution in [0.1, 0.15) is 60.3 Å². The lowest BCUT2D eigenvalue weighted by Gasteiger charge is -2.36. The van der Waals surface area contributed by atoms with Gasteiger partial charge in [-0.2, -0.15) is 0 Å². The molecule has 1 fully saturated rings. The molecule has 1 amide bonds. The van der Waals surface area contributed by atoms with Gasteiger partial charge in [0.05, 0.1) is 12.7 Å². The normalized spacial score (nSPS) is 21.7. The summed E-state index contributed by atoms with van der Waals surface area (Å²) < 4.78 is 11.0. The number of nitrogens with one attached hydrogen (secondary N) is 1. The van der Waals surface area contributed by atoms with Crippen LogP contribution in [-0.4, -0.2) is 42.7 Å². The first-order valence-corrected chi connectivity index (χ1v) is 8.35. The van der Waals surface area contributed by atoms with E-state index in [1.54, 1.807) is 0 Å². The average Bonchev–Trinajstić information content (AvgIpc) is 2.86. The fourth-order valence-electron chi connectivity index (χ4n) is 3.14. The molecule has 1 aliphatic heterocycles. The van der Waals surface area contributed by atoms with Crippen molar-refractivity contribution in [3.05, 3.63) is 0 Å². The van der Waals surface area contributed by atoms with Crippen LogP contribution in [0, 0.1) is 11.3 Å². The van der Waals surface area contributed by atoms with Gasteiger partial charge in [-0.05, 0) is 52.4 Å². The van der Waals surface area contributed by atoms with E-state index in [9.17, 15) is 9.90 Å². The quantitative estimate of drug-likeness (QED) is 0.757. The molecule has 1 aliphatic rings. The molecule has 22 heavy (non-hydrogen) atoms. The van der Waals surface area contributed by atoms with Gasteiger partial charge in [-0.3, -0.25) is 0 Å². The van der Waals surface area contributed by atoms with E-state index in [0.29, 0.717) is 12.5 Å². The second-order valence-corrected chi connectivity index (χ2v) is 7.95. The minimum absolute atomic E-state index is 0.0425. The number of hydrogen-bond acceptors (Lipinski definition) is 4. The Morgan fingerprint density at radius 2 is 2.09 bits per heavy atom. The maximum atomic E-state index is 11.9. The Balaban J connectivity index is 2.65. The van der Waals surface area contributed by atoms with E-state index < -0.39 is 11.7 Å². The molecule has 0 bridgehead atoms. The lowest BCUT2D eigenvalue weighted by molar-refractivity contribution is 0.0129. The summed E-state index contributed by atoms with van der Waals surface area (Å²) >= 11 is 0. The largest absolute Gasteiger partial charge is 0.444 e. The number of amides is 1. The van der Waals surface area contributed by atoms with Crippen molar-refractivity contribution in [2.24, 2.45) is 11.3 Å². The molecule has 0 aromatic carbocycles. The highest BCUT2D eigenvalue weighted by Gasteiger charge is 2.35. The van der Waals surface area contributed by atoms with Gasteiger partial charge in [0.15, 0.2) is 0 Å². The lowest BCUT2D eigenvalue weighted by Crippen LogP contribution is -2.44. The van der Waals surface area contributed by atoms with Crippen molar-refractivity contribution in [3.8, 4) is 0 Å². The van der Waals surface area contributed by atoms with Crippen LogP contribution < -0.4 is 5.32 Å². The Morgan fingerprint density at radius 1 is 1.41 bits per heavy atom. The van der Waals surface area contributed by atoms with E-state index in [0.717, 1.165) is 32.3 Å². The van der Waals surface area contributed by atoms with Crippen molar-refractivity contribution in [3.63, 3.8) is 0 Å². The Kier molecular flexibility index (Phi) is 7.13. The molecule has 2 unspecified atom stereocenters. The third-order valence-electron chi connectivity index (χ3n) is 3.87. The predicted octanol–water partition coefficient (Wildman–Crippen LogP) is 3.11. The standard InChI is InChI=1S/C17H33NO4/c1-13(2)9-17(12-19,10-14-7-6-8-21-14)11-18-15(20)22-16(3,4)5/h13-14,19H,6-12H2,1-5H3,(H,18,20). The highest BCUT2D eigenvalue weighted by atomic mass is 16.6. The Hall–Kier alpha value is -0.810. The molecule has 1 saturated heterocycles. The molecule has 1 heterocycles. The molecule has 1 rings (SSSR count). The predicted molar refractivity (Wildman–Crippen MR) is 86.8 cm³/mol. The second kappa shape index (κ2) is 8.16. The lowest BCUT2D eigenvalue weighted by atomic mass is 9.76. The molecule has 0 saturated carbocycles. The SMILES string of the molecule is CC(C)CC(CO)(CNC(=O)OC(C)(C)C)CC1CCCO1. The Morgan fingerprint density at radius 3 is 2.55 bits per heavy atom. The van der Waals surface area contributed by atoms with Gasteiger partial charge in [0.1, 0.15) is 5.60 Å². The monoisotopic (exact) mass is 315 g/mol. The van der Waals surface area contributed by atoms with Crippen LogP contribution in [0.4, 0.5) is 4.79 Å². The molecule has 0 aliphatic carbocycles. The zero-order valence-corrected chi connectivity index (χ0v) is 14.8. The molecule has 5 nitrogen and oxygen atoms in total. The summed E-state index contributed by atoms with van der Waals surface area (Å²) in [5.41, 5.74) is -0.862. The molecular weight excluding hydrogens is 282 g/mol. The highest BCUT2D eigenvalue weighted by Crippen LogP contribution is 2.34. The number of hydrogen-bond donors (Lipinski definition) is 2. The minimum atomic E-state index is -0.515. The van der Waals surface area contributed by atoms with Crippen molar-refractivity contribution < 1.29 is 19.4 Å². The van der Waals surface area contributed by atoms with Gasteiger partial charge in [0.25, 0.3) is 0 Å². The maximum absolute atomic E-state index is 11.9. The van der Waals surface area contributed by atoms with Gasteiger partial charge in [0.2, 0.25) is 0 Å². The average molecular weight is 315 g/mol. The molecule has 0 spiro atoms. The topological polar surface area (TPSA) is 67.8 Å². The molecular formula is C17H33NO4. The molecule has 5 heteroatoms. The second-order valence-electron chi connectivity index (χ2n) is 7.95. The Labute approximate surface area is 134 Å². The van der Waals surface area contributed by atoms with Crippen LogP contribution in [0.5, 0.6) is 0 Å². The zero-order chi connectivity index (χ0) is 16.8. The molecule has 130 valence electrons. The number of rotatable bonds is 7. The van der Waals surface area contributed by atoms with E-state index in [4.69, 9.17) is 9.47 Å². The van der Waals surface area contributed by atoms with Crippen molar-refractivity contribution in [2.45, 2.75) is 72.0 Å². The van der Waals surface area contributed by atoms with Gasteiger partial charge in [0, 0.05) is 18.6 Å². The Bertz CT molecular complexity index is 345. The smallest absolute Gasteiger partial charge is 0.407 e. The number of aliphatic hydroxyl groups is 1. The number of aliphatic hydroxyl groups excluding tert-OH is 1. The van der Waals surface area contributed by atoms with Crippen molar-refractivity contribution in [1.29, 1.82) is 0 Å². The summed E-state index contributed by atoms with van der Waals surface area (Å²) in [6, 6.07) is 0. The fraction of sp³-hybridized carbons (Fsp3) is 0.941. The summed E-state index contributed by atoms with van der Waals surface area (Å²) in [6.45, 7) is 11.0. The van der Waals surface area contributed by atoms with E-state index >= 15 is 0 Å². The first-order valence-electron chi connectivity index (χ1n) is 8.35. The first-order chi connectivity index (χ1) is 10.2. The van der Waals surface area contributed by atoms with Gasteiger partial charge in [-0.1, -0.05) is 13.8 Å². The zero-order valence-electron chi connectivity index (χ0n) is 14.8. The third-order valence-corrected chi connectivity index (χ3v) is 3.87. The van der Waals surface area contributed by atoms with Crippen molar-refractivity contribution in [2.75, 3.05) is 19.8 Å². The molecule has 2 atom stereocenters. The maximum Gasteiger partial charge on any atom is 0.407 e. The van der Waals surface area contributed by atoms with E-state index in [2.05, 4.69) is 19.2 Å². The van der Waals surface area contributed by atoms with Crippen LogP contribution >= 0.6 is 0 Å². The summed E-state index contributed by atoms with van der Waals surface area (Å²) in [5.74, 6) is 0.439. The van der Waals surface area contributed by atoms with Gasteiger partial charge >= 0.3 is 6.09 Å². The van der Waals surface area contributed by atoms with E-state index in [-0.39, 0.29) is 18.1 Å². The number of ether oxygens (including phenoxy) is 2. The van der Waals surface area contributed by atoms with E-state index in [1.165, 1.54) is 0 Å². The number of carbonyl (C=O) groups excluding carboxylic acids is 1. The van der Waals surface area contributed by atoms with Gasteiger partial charge in [-0.15, -0.1) is 0 Å². The molecule has 0 radical (unpaired) electrons. The molecule has 0 aromatic heterocycles. The van der Waals surface area contributed by atoms with E-state index in [1.807, 2.05) is 20.8 Å². The highest BCUT2D eigenvalue weighted by molar-refractivity contribution is 5.67. The summed E-state index contributed by atoms with van der Waals surface area (Å²) in [6.07, 6.45) is 3.49. The van der Waals surface area contributed by atoms with Gasteiger partial charge in [-0.25, -0.2) is 4.79 Å². The number of carbonyl (C=O) groups is 1. The summed E-state index contributed by atoms with van der Waals surface area (Å²) in [5, 5.41) is 12.8. The van der Waals surface area contributed by atoms with Crippen LogP contribution in [0.25, 0.3) is 0 Å². The van der Waals surface area contributed by atoms with Crippen LogP contribution in [0.2, 0.25) is 0 Å². The number of alkyl carbamates (subject to hydrolysis) is 1. The molecule has 2 N–H and O–H groups in total. The fourth-order valence-corrected chi connectivity index (χ4v) is 3.14.